The Bertz CT molecular complexity index is 852. The summed E-state index contributed by atoms with van der Waals surface area (Å²) in [6.45, 7) is 1.40. The van der Waals surface area contributed by atoms with Crippen molar-refractivity contribution in [3.05, 3.63) is 47.2 Å². The topological polar surface area (TPSA) is 91.7 Å². The number of carbonyl (C=O) groups is 1. The number of phenolic OH excluding ortho intramolecular Hbond substituents is 1. The molecule has 1 saturated carbocycles. The fourth-order valence-corrected chi connectivity index (χ4v) is 3.77. The first kappa shape index (κ1) is 17.6. The number of fused-ring (bicyclic) bond motifs is 1. The number of ether oxygens (including phenoxy) is 1. The number of benzene rings is 1. The molecule has 2 unspecified atom stereocenters. The van der Waals surface area contributed by atoms with Crippen molar-refractivity contribution in [2.45, 2.75) is 38.0 Å². The third-order valence-corrected chi connectivity index (χ3v) is 5.34. The molecule has 27 heavy (non-hydrogen) atoms. The number of aryl methyl sites for hydroxylation is 1. The first-order valence-electron chi connectivity index (χ1n) is 9.50. The SMILES string of the molecule is O=C(O)CC1CC1c1ccc(OCCc2ccc3c(n2)NCCC3)c(O)c1. The summed E-state index contributed by atoms with van der Waals surface area (Å²) in [5, 5.41) is 22.4. The minimum atomic E-state index is -0.766. The Morgan fingerprint density at radius 1 is 1.30 bits per heavy atom. The van der Waals surface area contributed by atoms with Crippen LogP contribution >= 0.6 is 0 Å². The Morgan fingerprint density at radius 2 is 2.19 bits per heavy atom. The highest BCUT2D eigenvalue weighted by molar-refractivity contribution is 5.68. The van der Waals surface area contributed by atoms with Crippen LogP contribution in [0.3, 0.4) is 0 Å². The highest BCUT2D eigenvalue weighted by Gasteiger charge is 2.39. The molecule has 0 spiro atoms. The van der Waals surface area contributed by atoms with E-state index in [0.717, 1.165) is 42.9 Å². The van der Waals surface area contributed by atoms with Gasteiger partial charge in [-0.05, 0) is 60.4 Å². The van der Waals surface area contributed by atoms with Gasteiger partial charge in [0.25, 0.3) is 0 Å². The molecule has 3 N–H and O–H groups in total. The van der Waals surface area contributed by atoms with Crippen LogP contribution in [0.5, 0.6) is 11.5 Å². The Morgan fingerprint density at radius 3 is 3.00 bits per heavy atom. The van der Waals surface area contributed by atoms with E-state index in [9.17, 15) is 9.90 Å². The maximum Gasteiger partial charge on any atom is 0.303 e. The summed E-state index contributed by atoms with van der Waals surface area (Å²) in [7, 11) is 0. The number of carboxylic acid groups (broad SMARTS) is 1. The number of aromatic hydroxyl groups is 1. The molecule has 0 radical (unpaired) electrons. The van der Waals surface area contributed by atoms with E-state index >= 15 is 0 Å². The normalized spacial score (nSPS) is 20.4. The number of hydrogen-bond donors (Lipinski definition) is 3. The van der Waals surface area contributed by atoms with Gasteiger partial charge >= 0.3 is 5.97 Å². The van der Waals surface area contributed by atoms with Crippen LogP contribution in [-0.2, 0) is 17.6 Å². The number of phenols is 1. The number of nitrogens with zero attached hydrogens (tertiary/aromatic N) is 1. The molecule has 1 fully saturated rings. The van der Waals surface area contributed by atoms with Gasteiger partial charge in [0.1, 0.15) is 5.82 Å². The Hall–Kier alpha value is -2.76. The maximum absolute atomic E-state index is 10.8. The van der Waals surface area contributed by atoms with Crippen LogP contribution in [0.15, 0.2) is 30.3 Å². The number of aromatic nitrogens is 1. The average Bonchev–Trinajstić information content (AvgIpc) is 3.41. The molecule has 4 rings (SSSR count). The Kier molecular flexibility index (Phi) is 4.88. The number of nitrogens with one attached hydrogen (secondary N) is 1. The molecule has 6 nitrogen and oxygen atoms in total. The van der Waals surface area contributed by atoms with E-state index in [1.54, 1.807) is 12.1 Å². The zero-order valence-corrected chi connectivity index (χ0v) is 15.1. The van der Waals surface area contributed by atoms with Crippen LogP contribution in [0.4, 0.5) is 5.82 Å². The standard InChI is InChI=1S/C21H24N2O4/c24-18-11-14(17-10-15(17)12-20(25)26)4-6-19(18)27-9-7-16-5-3-13-2-1-8-22-21(13)23-16/h3-6,11,15,17,24H,1-2,7-10,12H2,(H,22,23)(H,25,26). The largest absolute Gasteiger partial charge is 0.504 e. The second kappa shape index (κ2) is 7.47. The first-order valence-corrected chi connectivity index (χ1v) is 9.50. The maximum atomic E-state index is 10.8. The molecule has 0 amide bonds. The van der Waals surface area contributed by atoms with Crippen molar-refractivity contribution in [3.63, 3.8) is 0 Å². The lowest BCUT2D eigenvalue weighted by molar-refractivity contribution is -0.137. The molecule has 6 heteroatoms. The van der Waals surface area contributed by atoms with Gasteiger partial charge in [-0.15, -0.1) is 0 Å². The van der Waals surface area contributed by atoms with E-state index in [0.29, 0.717) is 18.8 Å². The van der Waals surface area contributed by atoms with Crippen molar-refractivity contribution in [2.75, 3.05) is 18.5 Å². The highest BCUT2D eigenvalue weighted by Crippen LogP contribution is 2.50. The minimum absolute atomic E-state index is 0.105. The van der Waals surface area contributed by atoms with Gasteiger partial charge in [0.15, 0.2) is 11.5 Å². The third kappa shape index (κ3) is 4.15. The molecule has 2 aromatic rings. The summed E-state index contributed by atoms with van der Waals surface area (Å²) in [5.74, 6) is 1.17. The molecule has 0 saturated heterocycles. The number of rotatable bonds is 7. The monoisotopic (exact) mass is 368 g/mol. The van der Waals surface area contributed by atoms with Crippen LogP contribution in [0.25, 0.3) is 0 Å². The fourth-order valence-electron chi connectivity index (χ4n) is 3.77. The zero-order valence-electron chi connectivity index (χ0n) is 15.1. The average molecular weight is 368 g/mol. The van der Waals surface area contributed by atoms with E-state index in [4.69, 9.17) is 9.84 Å². The van der Waals surface area contributed by atoms with Gasteiger partial charge in [-0.25, -0.2) is 4.98 Å². The van der Waals surface area contributed by atoms with Gasteiger partial charge in [0, 0.05) is 25.1 Å². The number of pyridine rings is 1. The van der Waals surface area contributed by atoms with Crippen molar-refractivity contribution < 1.29 is 19.7 Å². The summed E-state index contributed by atoms with van der Waals surface area (Å²) >= 11 is 0. The van der Waals surface area contributed by atoms with Gasteiger partial charge in [0.2, 0.25) is 0 Å². The van der Waals surface area contributed by atoms with Gasteiger partial charge in [-0.3, -0.25) is 4.79 Å². The molecule has 1 aliphatic carbocycles. The second-order valence-electron chi connectivity index (χ2n) is 7.37. The second-order valence-corrected chi connectivity index (χ2v) is 7.37. The molecule has 1 aliphatic heterocycles. The lowest BCUT2D eigenvalue weighted by Crippen LogP contribution is -2.14. The zero-order chi connectivity index (χ0) is 18.8. The molecule has 142 valence electrons. The Balaban J connectivity index is 1.32. The molecule has 2 heterocycles. The van der Waals surface area contributed by atoms with E-state index in [1.807, 2.05) is 12.1 Å². The first-order chi connectivity index (χ1) is 13.1. The van der Waals surface area contributed by atoms with Crippen molar-refractivity contribution in [3.8, 4) is 11.5 Å². The van der Waals surface area contributed by atoms with Crippen LogP contribution in [-0.4, -0.2) is 34.3 Å². The summed E-state index contributed by atoms with van der Waals surface area (Å²) in [6.07, 6.45) is 3.93. The molecule has 2 atom stereocenters. The predicted molar refractivity (Wildman–Crippen MR) is 101 cm³/mol. The number of hydrogen-bond acceptors (Lipinski definition) is 5. The lowest BCUT2D eigenvalue weighted by atomic mass is 10.1. The summed E-state index contributed by atoms with van der Waals surface area (Å²) < 4.78 is 5.73. The number of carboxylic acids is 1. The summed E-state index contributed by atoms with van der Waals surface area (Å²) in [5.41, 5.74) is 3.21. The predicted octanol–water partition coefficient (Wildman–Crippen LogP) is 3.35. The van der Waals surface area contributed by atoms with E-state index in [1.165, 1.54) is 5.56 Å². The van der Waals surface area contributed by atoms with Crippen molar-refractivity contribution in [2.24, 2.45) is 5.92 Å². The summed E-state index contributed by atoms with van der Waals surface area (Å²) in [4.78, 5) is 15.4. The van der Waals surface area contributed by atoms with Crippen LogP contribution < -0.4 is 10.1 Å². The molecule has 1 aromatic heterocycles. The highest BCUT2D eigenvalue weighted by atomic mass is 16.5. The van der Waals surface area contributed by atoms with Gasteiger partial charge in [-0.1, -0.05) is 12.1 Å². The van der Waals surface area contributed by atoms with Gasteiger partial charge in [-0.2, -0.15) is 0 Å². The number of anilines is 1. The van der Waals surface area contributed by atoms with Crippen LogP contribution in [0.2, 0.25) is 0 Å². The van der Waals surface area contributed by atoms with E-state index < -0.39 is 5.97 Å². The van der Waals surface area contributed by atoms with Crippen LogP contribution in [0, 0.1) is 5.92 Å². The van der Waals surface area contributed by atoms with Crippen molar-refractivity contribution in [1.29, 1.82) is 0 Å². The molecule has 1 aromatic carbocycles. The van der Waals surface area contributed by atoms with Gasteiger partial charge < -0.3 is 20.3 Å². The minimum Gasteiger partial charge on any atom is -0.504 e. The third-order valence-electron chi connectivity index (χ3n) is 5.34. The molecular weight excluding hydrogens is 344 g/mol. The van der Waals surface area contributed by atoms with Crippen molar-refractivity contribution >= 4 is 11.8 Å². The molecule has 2 aliphatic rings. The smallest absolute Gasteiger partial charge is 0.303 e. The number of aliphatic carboxylic acids is 1. The van der Waals surface area contributed by atoms with E-state index in [2.05, 4.69) is 16.4 Å². The molecule has 0 bridgehead atoms. The summed E-state index contributed by atoms with van der Waals surface area (Å²) in [6, 6.07) is 9.54. The van der Waals surface area contributed by atoms with Crippen LogP contribution in [0.1, 0.15) is 42.0 Å². The fraction of sp³-hybridized carbons (Fsp3) is 0.429. The van der Waals surface area contributed by atoms with E-state index in [-0.39, 0.29) is 24.0 Å². The van der Waals surface area contributed by atoms with Crippen molar-refractivity contribution in [1.82, 2.24) is 4.98 Å². The Labute approximate surface area is 158 Å². The quantitative estimate of drug-likeness (QED) is 0.694. The lowest BCUT2D eigenvalue weighted by Gasteiger charge is -2.17. The molecular formula is C21H24N2O4. The van der Waals surface area contributed by atoms with Gasteiger partial charge in [0.05, 0.1) is 6.61 Å².